The van der Waals surface area contributed by atoms with Crippen LogP contribution in [-0.4, -0.2) is 39.2 Å². The number of nitrogens with one attached hydrogen (secondary N) is 1. The molecule has 0 saturated heterocycles. The minimum Gasteiger partial charge on any atom is -0.493 e. The van der Waals surface area contributed by atoms with Gasteiger partial charge in [-0.15, -0.1) is 0 Å². The van der Waals surface area contributed by atoms with E-state index in [2.05, 4.69) is 5.32 Å². The van der Waals surface area contributed by atoms with Gasteiger partial charge in [-0.25, -0.2) is 0 Å². The number of carbonyl (C=O) groups excluding carboxylic acids is 2. The number of benzene rings is 2. The molecule has 0 bridgehead atoms. The highest BCUT2D eigenvalue weighted by molar-refractivity contribution is 6.34. The molecule has 8 nitrogen and oxygen atoms in total. The number of ether oxygens (including phenoxy) is 3. The molecule has 1 N–H and O–H groups in total. The first-order valence-corrected chi connectivity index (χ1v) is 12.1. The number of hydrogen-bond donors (Lipinski definition) is 1. The maximum Gasteiger partial charge on any atom is 0.295 e. The first-order valence-electron chi connectivity index (χ1n) is 11.7. The quantitative estimate of drug-likeness (QED) is 0.412. The minimum atomic E-state index is -1.11. The standard InChI is InChI=1S/C27H29ClN2O6/c1-33-22-15-17(16-23(34-2)25(22)35-3)24(26(31)29-18-9-4-5-10-18)30(20-12-7-6-11-19(20)28)27(32)21-13-8-14-36-21/h6-8,11-16,18,24H,4-5,9-10H2,1-3H3,(H,29,31). The van der Waals surface area contributed by atoms with E-state index in [0.29, 0.717) is 33.5 Å². The van der Waals surface area contributed by atoms with Crippen molar-refractivity contribution in [2.24, 2.45) is 0 Å². The number of anilines is 1. The molecule has 0 radical (unpaired) electrons. The predicted molar refractivity (Wildman–Crippen MR) is 136 cm³/mol. The largest absolute Gasteiger partial charge is 0.493 e. The molecule has 2 amide bonds. The van der Waals surface area contributed by atoms with E-state index in [9.17, 15) is 9.59 Å². The Hall–Kier alpha value is -3.65. The SMILES string of the molecule is COc1cc(C(C(=O)NC2CCCC2)N(C(=O)c2ccco2)c2ccccc2Cl)cc(OC)c1OC. The van der Waals surface area contributed by atoms with Crippen LogP contribution in [0.3, 0.4) is 0 Å². The number of para-hydroxylation sites is 1. The third-order valence-corrected chi connectivity index (χ3v) is 6.59. The molecule has 1 aliphatic carbocycles. The maximum atomic E-state index is 14.0. The van der Waals surface area contributed by atoms with Crippen LogP contribution in [0.25, 0.3) is 0 Å². The molecule has 1 saturated carbocycles. The Balaban J connectivity index is 1.92. The summed E-state index contributed by atoms with van der Waals surface area (Å²) in [5, 5.41) is 3.44. The fourth-order valence-electron chi connectivity index (χ4n) is 4.56. The normalized spacial score (nSPS) is 14.2. The summed E-state index contributed by atoms with van der Waals surface area (Å²) in [6.45, 7) is 0. The third-order valence-electron chi connectivity index (χ3n) is 6.27. The Morgan fingerprint density at radius 3 is 2.22 bits per heavy atom. The van der Waals surface area contributed by atoms with Crippen LogP contribution in [0.1, 0.15) is 47.8 Å². The second kappa shape index (κ2) is 11.4. The molecule has 0 aliphatic heterocycles. The van der Waals surface area contributed by atoms with E-state index in [1.165, 1.54) is 32.5 Å². The van der Waals surface area contributed by atoms with Crippen molar-refractivity contribution in [3.05, 3.63) is 71.1 Å². The molecule has 9 heteroatoms. The summed E-state index contributed by atoms with van der Waals surface area (Å²) in [6, 6.07) is 12.3. The van der Waals surface area contributed by atoms with Crippen molar-refractivity contribution in [1.82, 2.24) is 5.32 Å². The average Bonchev–Trinajstić information content (AvgIpc) is 3.61. The van der Waals surface area contributed by atoms with Crippen molar-refractivity contribution in [2.45, 2.75) is 37.8 Å². The molecule has 1 heterocycles. The molecule has 1 aromatic heterocycles. The highest BCUT2D eigenvalue weighted by Crippen LogP contribution is 2.43. The van der Waals surface area contributed by atoms with Gasteiger partial charge < -0.3 is 23.9 Å². The van der Waals surface area contributed by atoms with E-state index < -0.39 is 11.9 Å². The van der Waals surface area contributed by atoms with Gasteiger partial charge in [0.2, 0.25) is 11.7 Å². The monoisotopic (exact) mass is 512 g/mol. The maximum absolute atomic E-state index is 14.0. The van der Waals surface area contributed by atoms with Crippen molar-refractivity contribution < 1.29 is 28.2 Å². The van der Waals surface area contributed by atoms with Gasteiger partial charge in [0.05, 0.1) is 38.3 Å². The van der Waals surface area contributed by atoms with Gasteiger partial charge in [-0.2, -0.15) is 0 Å². The Morgan fingerprint density at radius 1 is 1.00 bits per heavy atom. The topological polar surface area (TPSA) is 90.2 Å². The summed E-state index contributed by atoms with van der Waals surface area (Å²) < 4.78 is 22.0. The number of furan rings is 1. The fourth-order valence-corrected chi connectivity index (χ4v) is 4.79. The number of hydrogen-bond acceptors (Lipinski definition) is 6. The van der Waals surface area contributed by atoms with Gasteiger partial charge in [0.25, 0.3) is 5.91 Å². The summed E-state index contributed by atoms with van der Waals surface area (Å²) in [7, 11) is 4.49. The Morgan fingerprint density at radius 2 is 1.67 bits per heavy atom. The average molecular weight is 513 g/mol. The molecular weight excluding hydrogens is 484 g/mol. The van der Waals surface area contributed by atoms with Crippen molar-refractivity contribution in [3.63, 3.8) is 0 Å². The Labute approximate surface area is 215 Å². The molecule has 3 aromatic rings. The van der Waals surface area contributed by atoms with E-state index in [1.54, 1.807) is 48.5 Å². The predicted octanol–water partition coefficient (Wildman–Crippen LogP) is 5.41. The van der Waals surface area contributed by atoms with Crippen LogP contribution in [0.15, 0.2) is 59.2 Å². The molecule has 4 rings (SSSR count). The summed E-state index contributed by atoms with van der Waals surface area (Å²) in [5.74, 6) is 0.288. The number of halogens is 1. The van der Waals surface area contributed by atoms with Crippen molar-refractivity contribution in [1.29, 1.82) is 0 Å². The number of carbonyl (C=O) groups is 2. The Kier molecular flexibility index (Phi) is 8.05. The van der Waals surface area contributed by atoms with Crippen LogP contribution in [0.5, 0.6) is 17.2 Å². The van der Waals surface area contributed by atoms with Crippen molar-refractivity contribution in [2.75, 3.05) is 26.2 Å². The van der Waals surface area contributed by atoms with Crippen LogP contribution in [0.4, 0.5) is 5.69 Å². The van der Waals surface area contributed by atoms with Crippen molar-refractivity contribution in [3.8, 4) is 17.2 Å². The number of nitrogens with zero attached hydrogens (tertiary/aromatic N) is 1. The van der Waals surface area contributed by atoms with E-state index in [0.717, 1.165) is 25.7 Å². The molecule has 2 aromatic carbocycles. The zero-order chi connectivity index (χ0) is 25.7. The molecule has 1 fully saturated rings. The minimum absolute atomic E-state index is 0.0221. The number of methoxy groups -OCH3 is 3. The zero-order valence-electron chi connectivity index (χ0n) is 20.5. The second-order valence-electron chi connectivity index (χ2n) is 8.46. The van der Waals surface area contributed by atoms with Crippen LogP contribution in [-0.2, 0) is 4.79 Å². The van der Waals surface area contributed by atoms with Gasteiger partial charge in [-0.1, -0.05) is 36.6 Å². The van der Waals surface area contributed by atoms with Crippen LogP contribution < -0.4 is 24.4 Å². The highest BCUT2D eigenvalue weighted by atomic mass is 35.5. The summed E-state index contributed by atoms with van der Waals surface area (Å²) in [4.78, 5) is 29.2. The Bertz CT molecular complexity index is 1180. The first kappa shape index (κ1) is 25.4. The van der Waals surface area contributed by atoms with Crippen LogP contribution in [0, 0.1) is 0 Å². The lowest BCUT2D eigenvalue weighted by Crippen LogP contribution is -2.46. The van der Waals surface area contributed by atoms with E-state index in [-0.39, 0.29) is 17.7 Å². The molecule has 1 aliphatic rings. The van der Waals surface area contributed by atoms with Crippen LogP contribution >= 0.6 is 11.6 Å². The third kappa shape index (κ3) is 5.14. The van der Waals surface area contributed by atoms with Crippen LogP contribution in [0.2, 0.25) is 5.02 Å². The molecule has 0 spiro atoms. The number of amides is 2. The lowest BCUT2D eigenvalue weighted by atomic mass is 10.0. The lowest BCUT2D eigenvalue weighted by Gasteiger charge is -2.32. The van der Waals surface area contributed by atoms with Gasteiger partial charge in [-0.3, -0.25) is 14.5 Å². The molecule has 36 heavy (non-hydrogen) atoms. The highest BCUT2D eigenvalue weighted by Gasteiger charge is 2.37. The summed E-state index contributed by atoms with van der Waals surface area (Å²) >= 11 is 6.57. The molecule has 1 unspecified atom stereocenters. The second-order valence-corrected chi connectivity index (χ2v) is 8.86. The van der Waals surface area contributed by atoms with Gasteiger partial charge in [0, 0.05) is 6.04 Å². The van der Waals surface area contributed by atoms with Gasteiger partial charge in [-0.05, 0) is 54.8 Å². The van der Waals surface area contributed by atoms with Crippen molar-refractivity contribution >= 4 is 29.1 Å². The van der Waals surface area contributed by atoms with Gasteiger partial charge in [0.15, 0.2) is 17.3 Å². The van der Waals surface area contributed by atoms with E-state index in [4.69, 9.17) is 30.2 Å². The van der Waals surface area contributed by atoms with E-state index >= 15 is 0 Å². The fraction of sp³-hybridized carbons (Fsp3) is 0.333. The summed E-state index contributed by atoms with van der Waals surface area (Å²) in [6.07, 6.45) is 5.25. The van der Waals surface area contributed by atoms with Gasteiger partial charge >= 0.3 is 0 Å². The number of rotatable bonds is 9. The zero-order valence-corrected chi connectivity index (χ0v) is 21.2. The lowest BCUT2D eigenvalue weighted by molar-refractivity contribution is -0.123. The van der Waals surface area contributed by atoms with E-state index in [1.807, 2.05) is 0 Å². The summed E-state index contributed by atoms with van der Waals surface area (Å²) in [5.41, 5.74) is 0.820. The molecule has 1 atom stereocenters. The first-order chi connectivity index (χ1) is 17.5. The van der Waals surface area contributed by atoms with Gasteiger partial charge in [0.1, 0.15) is 6.04 Å². The molecule has 190 valence electrons. The molecular formula is C27H29ClN2O6. The smallest absolute Gasteiger partial charge is 0.295 e.